The quantitative estimate of drug-likeness (QED) is 0.604. The van der Waals surface area contributed by atoms with Crippen LogP contribution in [0.25, 0.3) is 0 Å². The summed E-state index contributed by atoms with van der Waals surface area (Å²) in [6, 6.07) is 12.3. The normalized spacial score (nSPS) is 10.1. The Morgan fingerprint density at radius 2 is 2.00 bits per heavy atom. The Kier molecular flexibility index (Phi) is 5.55. The molecule has 0 aliphatic heterocycles. The van der Waals surface area contributed by atoms with Crippen molar-refractivity contribution in [3.63, 3.8) is 0 Å². The molecule has 0 saturated heterocycles. The van der Waals surface area contributed by atoms with Gasteiger partial charge in [-0.1, -0.05) is 29.8 Å². The lowest BCUT2D eigenvalue weighted by Gasteiger charge is -2.10. The first-order chi connectivity index (χ1) is 10.6. The lowest BCUT2D eigenvalue weighted by Crippen LogP contribution is -2.05. The van der Waals surface area contributed by atoms with Gasteiger partial charge in [0.25, 0.3) is 0 Å². The van der Waals surface area contributed by atoms with Gasteiger partial charge in [0, 0.05) is 5.02 Å². The summed E-state index contributed by atoms with van der Waals surface area (Å²) in [6.45, 7) is 0.303. The van der Waals surface area contributed by atoms with Crippen molar-refractivity contribution in [3.05, 3.63) is 64.2 Å². The lowest BCUT2D eigenvalue weighted by atomic mass is 10.1. The van der Waals surface area contributed by atoms with Crippen molar-refractivity contribution in [2.45, 2.75) is 13.0 Å². The third-order valence-electron chi connectivity index (χ3n) is 3.06. The molecule has 5 heteroatoms. The largest absolute Gasteiger partial charge is 0.488 e. The number of benzene rings is 2. The molecule has 0 radical (unpaired) electrons. The fourth-order valence-corrected chi connectivity index (χ4v) is 2.17. The number of aldehydes is 1. The molecule has 0 aliphatic rings. The van der Waals surface area contributed by atoms with Gasteiger partial charge in [0.1, 0.15) is 12.4 Å². The van der Waals surface area contributed by atoms with E-state index in [-0.39, 0.29) is 12.4 Å². The highest BCUT2D eigenvalue weighted by atomic mass is 35.5. The summed E-state index contributed by atoms with van der Waals surface area (Å²) in [4.78, 5) is 22.4. The number of methoxy groups -OCH3 is 1. The van der Waals surface area contributed by atoms with Crippen molar-refractivity contribution in [1.29, 1.82) is 0 Å². The van der Waals surface area contributed by atoms with E-state index < -0.39 is 0 Å². The Balaban J connectivity index is 2.10. The van der Waals surface area contributed by atoms with E-state index in [4.69, 9.17) is 16.3 Å². The van der Waals surface area contributed by atoms with Gasteiger partial charge < -0.3 is 9.47 Å². The van der Waals surface area contributed by atoms with Gasteiger partial charge in [-0.05, 0) is 35.4 Å². The Labute approximate surface area is 133 Å². The molecule has 0 aromatic heterocycles. The van der Waals surface area contributed by atoms with Crippen LogP contribution in [0.2, 0.25) is 5.02 Å². The summed E-state index contributed by atoms with van der Waals surface area (Å²) in [5, 5.41) is 0.630. The first kappa shape index (κ1) is 16.0. The lowest BCUT2D eigenvalue weighted by molar-refractivity contribution is -0.139. The standard InChI is InChI=1S/C17H15ClO4/c1-21-17(20)9-12-5-6-16(14(7-12)10-19)22-11-13-3-2-4-15(18)8-13/h2-8,10H,9,11H2,1H3. The van der Waals surface area contributed by atoms with Crippen LogP contribution in [0.3, 0.4) is 0 Å². The smallest absolute Gasteiger partial charge is 0.309 e. The van der Waals surface area contributed by atoms with Crippen LogP contribution >= 0.6 is 11.6 Å². The Morgan fingerprint density at radius 3 is 2.68 bits per heavy atom. The van der Waals surface area contributed by atoms with Crippen molar-refractivity contribution in [3.8, 4) is 5.75 Å². The Bertz CT molecular complexity index is 682. The minimum Gasteiger partial charge on any atom is -0.488 e. The zero-order valence-electron chi connectivity index (χ0n) is 12.0. The van der Waals surface area contributed by atoms with Gasteiger partial charge >= 0.3 is 5.97 Å². The first-order valence-electron chi connectivity index (χ1n) is 6.64. The molecule has 0 aliphatic carbocycles. The van der Waals surface area contributed by atoms with E-state index in [0.29, 0.717) is 34.8 Å². The van der Waals surface area contributed by atoms with Crippen LogP contribution < -0.4 is 4.74 Å². The third kappa shape index (κ3) is 4.33. The van der Waals surface area contributed by atoms with Gasteiger partial charge in [-0.15, -0.1) is 0 Å². The second-order valence-electron chi connectivity index (χ2n) is 4.66. The summed E-state index contributed by atoms with van der Waals surface area (Å²) in [6.07, 6.45) is 0.819. The average Bonchev–Trinajstić information content (AvgIpc) is 2.53. The Hall–Kier alpha value is -2.33. The number of esters is 1. The molecule has 0 atom stereocenters. The molecule has 2 aromatic rings. The summed E-state index contributed by atoms with van der Waals surface area (Å²) in [7, 11) is 1.32. The minimum absolute atomic E-state index is 0.117. The summed E-state index contributed by atoms with van der Waals surface area (Å²) in [5.74, 6) is 0.105. The molecule has 0 spiro atoms. The number of ether oxygens (including phenoxy) is 2. The van der Waals surface area contributed by atoms with Crippen molar-refractivity contribution < 1.29 is 19.1 Å². The molecular weight excluding hydrogens is 304 g/mol. The van der Waals surface area contributed by atoms with E-state index in [1.54, 1.807) is 30.3 Å². The highest BCUT2D eigenvalue weighted by Gasteiger charge is 2.08. The van der Waals surface area contributed by atoms with Crippen LogP contribution in [-0.4, -0.2) is 19.4 Å². The third-order valence-corrected chi connectivity index (χ3v) is 3.30. The van der Waals surface area contributed by atoms with Crippen LogP contribution in [0.15, 0.2) is 42.5 Å². The monoisotopic (exact) mass is 318 g/mol. The molecule has 0 unspecified atom stereocenters. The molecule has 0 bridgehead atoms. The van der Waals surface area contributed by atoms with Gasteiger partial charge in [0.05, 0.1) is 19.1 Å². The molecule has 2 rings (SSSR count). The predicted molar refractivity (Wildman–Crippen MR) is 83.3 cm³/mol. The van der Waals surface area contributed by atoms with Gasteiger partial charge in [0.15, 0.2) is 6.29 Å². The van der Waals surface area contributed by atoms with Gasteiger partial charge in [-0.3, -0.25) is 9.59 Å². The van der Waals surface area contributed by atoms with Crippen LogP contribution in [0.5, 0.6) is 5.75 Å². The summed E-state index contributed by atoms with van der Waals surface area (Å²) < 4.78 is 10.3. The van der Waals surface area contributed by atoms with Crippen molar-refractivity contribution in [1.82, 2.24) is 0 Å². The number of halogens is 1. The molecule has 22 heavy (non-hydrogen) atoms. The van der Waals surface area contributed by atoms with E-state index in [0.717, 1.165) is 5.56 Å². The van der Waals surface area contributed by atoms with Crippen LogP contribution in [-0.2, 0) is 22.6 Å². The van der Waals surface area contributed by atoms with Crippen molar-refractivity contribution in [2.75, 3.05) is 7.11 Å². The molecule has 0 fully saturated rings. The maximum absolute atomic E-state index is 11.3. The highest BCUT2D eigenvalue weighted by Crippen LogP contribution is 2.21. The van der Waals surface area contributed by atoms with Crippen LogP contribution in [0, 0.1) is 0 Å². The number of rotatable bonds is 6. The maximum atomic E-state index is 11.3. The number of hydrogen-bond donors (Lipinski definition) is 0. The van der Waals surface area contributed by atoms with E-state index in [9.17, 15) is 9.59 Å². The van der Waals surface area contributed by atoms with E-state index in [1.807, 2.05) is 12.1 Å². The molecular formula is C17H15ClO4. The highest BCUT2D eigenvalue weighted by molar-refractivity contribution is 6.30. The fourth-order valence-electron chi connectivity index (χ4n) is 1.96. The summed E-state index contributed by atoms with van der Waals surface area (Å²) in [5.41, 5.74) is 2.00. The molecule has 4 nitrogen and oxygen atoms in total. The van der Waals surface area contributed by atoms with E-state index >= 15 is 0 Å². The van der Waals surface area contributed by atoms with Crippen molar-refractivity contribution >= 4 is 23.9 Å². The van der Waals surface area contributed by atoms with Crippen LogP contribution in [0.1, 0.15) is 21.5 Å². The van der Waals surface area contributed by atoms with Crippen LogP contribution in [0.4, 0.5) is 0 Å². The maximum Gasteiger partial charge on any atom is 0.309 e. The first-order valence-corrected chi connectivity index (χ1v) is 7.02. The van der Waals surface area contributed by atoms with Gasteiger partial charge in [0.2, 0.25) is 0 Å². The average molecular weight is 319 g/mol. The number of carbonyl (C=O) groups is 2. The summed E-state index contributed by atoms with van der Waals surface area (Å²) >= 11 is 5.91. The van der Waals surface area contributed by atoms with E-state index in [2.05, 4.69) is 4.74 Å². The predicted octanol–water partition coefficient (Wildman–Crippen LogP) is 3.45. The second-order valence-corrected chi connectivity index (χ2v) is 5.10. The Morgan fingerprint density at radius 1 is 1.18 bits per heavy atom. The minimum atomic E-state index is -0.357. The second kappa shape index (κ2) is 7.61. The van der Waals surface area contributed by atoms with Crippen molar-refractivity contribution in [2.24, 2.45) is 0 Å². The number of hydrogen-bond acceptors (Lipinski definition) is 4. The SMILES string of the molecule is COC(=O)Cc1ccc(OCc2cccc(Cl)c2)c(C=O)c1. The molecule has 0 amide bonds. The van der Waals surface area contributed by atoms with Gasteiger partial charge in [-0.25, -0.2) is 0 Å². The fraction of sp³-hybridized carbons (Fsp3) is 0.176. The molecule has 0 saturated carbocycles. The van der Waals surface area contributed by atoms with Gasteiger partial charge in [-0.2, -0.15) is 0 Å². The number of carbonyl (C=O) groups excluding carboxylic acids is 2. The molecule has 2 aromatic carbocycles. The van der Waals surface area contributed by atoms with E-state index in [1.165, 1.54) is 7.11 Å². The zero-order chi connectivity index (χ0) is 15.9. The zero-order valence-corrected chi connectivity index (χ0v) is 12.8. The molecule has 0 heterocycles. The topological polar surface area (TPSA) is 52.6 Å². The molecule has 114 valence electrons. The molecule has 0 N–H and O–H groups in total.